The zero-order chi connectivity index (χ0) is 17.6. The molecule has 132 valence electrons. The molecule has 1 aliphatic heterocycles. The quantitative estimate of drug-likeness (QED) is 0.804. The molecule has 0 aromatic heterocycles. The van der Waals surface area contributed by atoms with E-state index in [0.29, 0.717) is 32.0 Å². The third-order valence-corrected chi connectivity index (χ3v) is 4.03. The lowest BCUT2D eigenvalue weighted by molar-refractivity contribution is -0.185. The summed E-state index contributed by atoms with van der Waals surface area (Å²) in [6.45, 7) is 1.87. The van der Waals surface area contributed by atoms with Crippen molar-refractivity contribution in [2.45, 2.75) is 19.0 Å². The van der Waals surface area contributed by atoms with Crippen molar-refractivity contribution in [3.63, 3.8) is 0 Å². The number of benzene rings is 1. The van der Waals surface area contributed by atoms with Crippen LogP contribution in [0.4, 0.5) is 13.2 Å². The second kappa shape index (κ2) is 8.19. The molecule has 2 rings (SSSR count). The summed E-state index contributed by atoms with van der Waals surface area (Å²) in [5.41, 5.74) is 0.749. The molecule has 0 spiro atoms. The Morgan fingerprint density at radius 3 is 2.42 bits per heavy atom. The van der Waals surface area contributed by atoms with Crippen LogP contribution >= 0.6 is 0 Å². The van der Waals surface area contributed by atoms with Gasteiger partial charge in [0.15, 0.2) is 0 Å². The Labute approximate surface area is 138 Å². The molecule has 0 saturated carbocycles. The van der Waals surface area contributed by atoms with E-state index in [1.165, 1.54) is 6.08 Å². The van der Waals surface area contributed by atoms with Gasteiger partial charge in [0.25, 0.3) is 0 Å². The fourth-order valence-corrected chi connectivity index (χ4v) is 2.62. The van der Waals surface area contributed by atoms with Gasteiger partial charge in [0, 0.05) is 12.6 Å². The molecule has 24 heavy (non-hydrogen) atoms. The minimum atomic E-state index is -4.08. The minimum Gasteiger partial charge on any atom is -0.492 e. The summed E-state index contributed by atoms with van der Waals surface area (Å²) in [7, 11) is 0. The number of alkyl halides is 3. The summed E-state index contributed by atoms with van der Waals surface area (Å²) >= 11 is 0. The monoisotopic (exact) mass is 343 g/mol. The highest BCUT2D eigenvalue weighted by Crippen LogP contribution is 2.33. The van der Waals surface area contributed by atoms with E-state index < -0.39 is 18.1 Å². The van der Waals surface area contributed by atoms with Crippen molar-refractivity contribution in [2.75, 3.05) is 26.2 Å². The van der Waals surface area contributed by atoms with Gasteiger partial charge in [-0.25, -0.2) is 4.79 Å². The molecule has 0 radical (unpaired) electrons. The van der Waals surface area contributed by atoms with Crippen molar-refractivity contribution in [3.8, 4) is 5.75 Å². The van der Waals surface area contributed by atoms with Gasteiger partial charge in [0.1, 0.15) is 12.4 Å². The van der Waals surface area contributed by atoms with Gasteiger partial charge in [-0.05, 0) is 49.7 Å². The largest absolute Gasteiger partial charge is 0.492 e. The molecule has 4 nitrogen and oxygen atoms in total. The van der Waals surface area contributed by atoms with Gasteiger partial charge in [-0.3, -0.25) is 4.90 Å². The van der Waals surface area contributed by atoms with Gasteiger partial charge in [-0.2, -0.15) is 13.2 Å². The first-order valence-electron chi connectivity index (χ1n) is 7.77. The number of carbonyl (C=O) groups is 1. The molecule has 1 heterocycles. The number of hydrogen-bond acceptors (Lipinski definition) is 3. The fraction of sp³-hybridized carbons (Fsp3) is 0.471. The van der Waals surface area contributed by atoms with Gasteiger partial charge in [-0.15, -0.1) is 0 Å². The lowest BCUT2D eigenvalue weighted by Crippen LogP contribution is -2.40. The number of hydrogen-bond donors (Lipinski definition) is 1. The molecule has 0 bridgehead atoms. The highest BCUT2D eigenvalue weighted by Gasteiger charge is 2.40. The highest BCUT2D eigenvalue weighted by atomic mass is 19.4. The van der Waals surface area contributed by atoms with Gasteiger partial charge in [0.05, 0.1) is 5.92 Å². The molecule has 0 atom stereocenters. The Morgan fingerprint density at radius 1 is 1.25 bits per heavy atom. The van der Waals surface area contributed by atoms with Crippen molar-refractivity contribution in [1.29, 1.82) is 0 Å². The topological polar surface area (TPSA) is 49.8 Å². The molecule has 0 unspecified atom stereocenters. The average Bonchev–Trinajstić information content (AvgIpc) is 2.54. The van der Waals surface area contributed by atoms with E-state index in [-0.39, 0.29) is 12.8 Å². The molecule has 0 aliphatic carbocycles. The fourth-order valence-electron chi connectivity index (χ4n) is 2.62. The van der Waals surface area contributed by atoms with E-state index in [4.69, 9.17) is 9.84 Å². The molecule has 1 aliphatic rings. The summed E-state index contributed by atoms with van der Waals surface area (Å²) in [5, 5.41) is 8.55. The lowest BCUT2D eigenvalue weighted by Gasteiger charge is -2.32. The average molecular weight is 343 g/mol. The van der Waals surface area contributed by atoms with Crippen LogP contribution in [0.15, 0.2) is 30.3 Å². The Bertz CT molecular complexity index is 561. The number of aliphatic carboxylic acids is 1. The van der Waals surface area contributed by atoms with Crippen LogP contribution in [-0.2, 0) is 4.79 Å². The highest BCUT2D eigenvalue weighted by molar-refractivity contribution is 5.85. The third-order valence-electron chi connectivity index (χ3n) is 4.03. The van der Waals surface area contributed by atoms with Crippen molar-refractivity contribution in [3.05, 3.63) is 35.9 Å². The number of nitrogens with zero attached hydrogens (tertiary/aromatic N) is 1. The lowest BCUT2D eigenvalue weighted by atomic mass is 9.96. The summed E-state index contributed by atoms with van der Waals surface area (Å²) < 4.78 is 43.4. The first-order valence-corrected chi connectivity index (χ1v) is 7.77. The molecule has 0 amide bonds. The van der Waals surface area contributed by atoms with Crippen LogP contribution in [0.5, 0.6) is 5.75 Å². The van der Waals surface area contributed by atoms with E-state index >= 15 is 0 Å². The number of piperidine rings is 1. The molecule has 1 fully saturated rings. The van der Waals surface area contributed by atoms with E-state index in [9.17, 15) is 18.0 Å². The van der Waals surface area contributed by atoms with Crippen LogP contribution in [0.1, 0.15) is 18.4 Å². The first-order chi connectivity index (χ1) is 11.3. The Balaban J connectivity index is 1.70. The van der Waals surface area contributed by atoms with E-state index in [1.807, 2.05) is 4.90 Å². The number of carboxylic acids is 1. The standard InChI is InChI=1S/C17H20F3NO3/c18-17(19,20)14-7-9-21(10-8-14)11-12-24-15-4-1-13(2-5-15)3-6-16(22)23/h1-6,14H,7-12H2,(H,22,23)/b6-3-. The number of rotatable bonds is 6. The maximum Gasteiger partial charge on any atom is 0.391 e. The molecule has 1 aromatic carbocycles. The number of halogens is 3. The van der Waals surface area contributed by atoms with Crippen molar-refractivity contribution >= 4 is 12.0 Å². The number of carboxylic acid groups (broad SMARTS) is 1. The summed E-state index contributed by atoms with van der Waals surface area (Å²) in [6.07, 6.45) is -1.25. The normalized spacial score (nSPS) is 17.3. The first kappa shape index (κ1) is 18.3. The molecular weight excluding hydrogens is 323 g/mol. The van der Waals surface area contributed by atoms with Gasteiger partial charge in [-0.1, -0.05) is 12.1 Å². The number of ether oxygens (including phenoxy) is 1. The molecule has 7 heteroatoms. The molecular formula is C17H20F3NO3. The third kappa shape index (κ3) is 5.88. The van der Waals surface area contributed by atoms with Crippen molar-refractivity contribution in [1.82, 2.24) is 4.90 Å². The SMILES string of the molecule is O=C(O)/C=C\c1ccc(OCCN2CCC(C(F)(F)F)CC2)cc1. The van der Waals surface area contributed by atoms with E-state index in [1.54, 1.807) is 24.3 Å². The van der Waals surface area contributed by atoms with Crippen molar-refractivity contribution < 1.29 is 27.8 Å². The van der Waals surface area contributed by atoms with Gasteiger partial charge >= 0.3 is 12.1 Å². The molecule has 1 saturated heterocycles. The predicted octanol–water partition coefficient (Wildman–Crippen LogP) is 3.44. The second-order valence-electron chi connectivity index (χ2n) is 5.75. The summed E-state index contributed by atoms with van der Waals surface area (Å²) in [4.78, 5) is 12.4. The minimum absolute atomic E-state index is 0.147. The van der Waals surface area contributed by atoms with E-state index in [0.717, 1.165) is 11.6 Å². The van der Waals surface area contributed by atoms with E-state index in [2.05, 4.69) is 0 Å². The summed E-state index contributed by atoms with van der Waals surface area (Å²) in [6, 6.07) is 6.95. The zero-order valence-electron chi connectivity index (χ0n) is 13.1. The zero-order valence-corrected chi connectivity index (χ0v) is 13.1. The van der Waals surface area contributed by atoms with Crippen LogP contribution in [0.2, 0.25) is 0 Å². The summed E-state index contributed by atoms with van der Waals surface area (Å²) in [5.74, 6) is -1.54. The Hall–Kier alpha value is -2.02. The number of likely N-dealkylation sites (tertiary alicyclic amines) is 1. The Morgan fingerprint density at radius 2 is 1.88 bits per heavy atom. The van der Waals surface area contributed by atoms with Crippen molar-refractivity contribution in [2.24, 2.45) is 5.92 Å². The van der Waals surface area contributed by atoms with Crippen LogP contribution < -0.4 is 4.74 Å². The van der Waals surface area contributed by atoms with Crippen LogP contribution in [0.3, 0.4) is 0 Å². The van der Waals surface area contributed by atoms with Crippen LogP contribution in [0, 0.1) is 5.92 Å². The van der Waals surface area contributed by atoms with Crippen LogP contribution in [0.25, 0.3) is 6.08 Å². The smallest absolute Gasteiger partial charge is 0.391 e. The Kier molecular flexibility index (Phi) is 6.25. The molecule has 1 aromatic rings. The maximum absolute atomic E-state index is 12.6. The maximum atomic E-state index is 12.6. The predicted molar refractivity (Wildman–Crippen MR) is 83.8 cm³/mol. The molecule has 1 N–H and O–H groups in total. The van der Waals surface area contributed by atoms with Gasteiger partial charge < -0.3 is 9.84 Å². The van der Waals surface area contributed by atoms with Gasteiger partial charge in [0.2, 0.25) is 0 Å². The second-order valence-corrected chi connectivity index (χ2v) is 5.75. The van der Waals surface area contributed by atoms with Crippen LogP contribution in [-0.4, -0.2) is 48.4 Å².